The van der Waals surface area contributed by atoms with Gasteiger partial charge in [0, 0.05) is 10.0 Å². The third-order valence-corrected chi connectivity index (χ3v) is 8.04. The molecule has 0 bridgehead atoms. The molecule has 0 saturated heterocycles. The van der Waals surface area contributed by atoms with Gasteiger partial charge in [0.25, 0.3) is 0 Å². The lowest BCUT2D eigenvalue weighted by Gasteiger charge is -2.33. The highest BCUT2D eigenvalue weighted by molar-refractivity contribution is 7.84. The average Bonchev–Trinajstić information content (AvgIpc) is 2.64. The minimum atomic E-state index is -1.36. The zero-order chi connectivity index (χ0) is 22.7. The van der Waals surface area contributed by atoms with E-state index in [2.05, 4.69) is 9.44 Å². The zero-order valence-electron chi connectivity index (χ0n) is 18.2. The van der Waals surface area contributed by atoms with E-state index < -0.39 is 43.5 Å². The first kappa shape index (κ1) is 25.5. The Morgan fingerprint density at radius 2 is 0.900 bits per heavy atom. The van der Waals surface area contributed by atoms with Crippen molar-refractivity contribution in [2.24, 2.45) is 0 Å². The van der Waals surface area contributed by atoms with Gasteiger partial charge in [-0.2, -0.15) is 0 Å². The van der Waals surface area contributed by atoms with E-state index in [4.69, 9.17) is 23.2 Å². The van der Waals surface area contributed by atoms with E-state index in [0.29, 0.717) is 10.0 Å². The minimum absolute atomic E-state index is 0.421. The Balaban J connectivity index is 2.57. The first-order valence-electron chi connectivity index (χ1n) is 9.66. The van der Waals surface area contributed by atoms with Crippen molar-refractivity contribution < 1.29 is 8.42 Å². The summed E-state index contributed by atoms with van der Waals surface area (Å²) in [5, 5.41) is 1.23. The van der Waals surface area contributed by atoms with Crippen molar-refractivity contribution in [3.05, 3.63) is 69.7 Å². The summed E-state index contributed by atoms with van der Waals surface area (Å²) in [6, 6.07) is 13.9. The molecule has 4 atom stereocenters. The summed E-state index contributed by atoms with van der Waals surface area (Å²) >= 11 is 12.2. The van der Waals surface area contributed by atoms with Crippen molar-refractivity contribution in [3.8, 4) is 0 Å². The molecular weight excluding hydrogens is 459 g/mol. The summed E-state index contributed by atoms with van der Waals surface area (Å²) in [6.45, 7) is 11.5. The first-order valence-corrected chi connectivity index (χ1v) is 12.7. The molecule has 0 radical (unpaired) electrons. The third-order valence-electron chi connectivity index (χ3n) is 4.37. The van der Waals surface area contributed by atoms with Crippen LogP contribution >= 0.6 is 23.2 Å². The zero-order valence-corrected chi connectivity index (χ0v) is 21.3. The van der Waals surface area contributed by atoms with Crippen LogP contribution in [0.15, 0.2) is 48.5 Å². The number of halogens is 2. The number of nitrogens with one attached hydrogen (secondary N) is 2. The number of hydrogen-bond acceptors (Lipinski definition) is 2. The molecule has 8 heteroatoms. The molecule has 2 aromatic rings. The van der Waals surface area contributed by atoms with Crippen molar-refractivity contribution in [1.29, 1.82) is 0 Å². The quantitative estimate of drug-likeness (QED) is 0.510. The van der Waals surface area contributed by atoms with Crippen molar-refractivity contribution >= 4 is 45.2 Å². The first-order chi connectivity index (χ1) is 13.8. The fourth-order valence-corrected chi connectivity index (χ4v) is 4.55. The summed E-state index contributed by atoms with van der Waals surface area (Å²) in [7, 11) is -2.71. The Labute approximate surface area is 195 Å². The maximum Gasteiger partial charge on any atom is 0.0976 e. The van der Waals surface area contributed by atoms with Gasteiger partial charge in [-0.05, 0) is 76.9 Å². The molecular formula is C22H30Cl2N2O2S2. The van der Waals surface area contributed by atoms with Gasteiger partial charge in [-0.25, -0.2) is 17.9 Å². The van der Waals surface area contributed by atoms with E-state index in [0.717, 1.165) is 11.1 Å². The lowest BCUT2D eigenvalue weighted by atomic mass is 9.95. The molecule has 0 fully saturated rings. The second kappa shape index (κ2) is 10.2. The normalized spacial score (nSPS) is 16.7. The monoisotopic (exact) mass is 488 g/mol. The van der Waals surface area contributed by atoms with Crippen LogP contribution in [0.1, 0.15) is 64.8 Å². The molecule has 0 amide bonds. The summed E-state index contributed by atoms with van der Waals surface area (Å²) in [5.74, 6) is 0. The fourth-order valence-electron chi connectivity index (χ4n) is 2.58. The highest BCUT2D eigenvalue weighted by Gasteiger charge is 2.33. The Morgan fingerprint density at radius 3 is 1.13 bits per heavy atom. The predicted octanol–water partition coefficient (Wildman–Crippen LogP) is 5.88. The van der Waals surface area contributed by atoms with Gasteiger partial charge in [0.05, 0.1) is 43.5 Å². The summed E-state index contributed by atoms with van der Waals surface area (Å²) < 4.78 is 31.7. The highest BCUT2D eigenvalue weighted by Crippen LogP contribution is 2.33. The molecule has 2 rings (SSSR count). The topological polar surface area (TPSA) is 58.2 Å². The maximum absolute atomic E-state index is 13.0. The summed E-state index contributed by atoms with van der Waals surface area (Å²) in [4.78, 5) is 0. The Morgan fingerprint density at radius 1 is 0.633 bits per heavy atom. The molecule has 4 nitrogen and oxygen atoms in total. The van der Waals surface area contributed by atoms with Crippen LogP contribution in [0.4, 0.5) is 0 Å². The minimum Gasteiger partial charge on any atom is -0.242 e. The number of benzene rings is 2. The number of rotatable bonds is 7. The van der Waals surface area contributed by atoms with Gasteiger partial charge in [0.15, 0.2) is 0 Å². The predicted molar refractivity (Wildman–Crippen MR) is 130 cm³/mol. The lowest BCUT2D eigenvalue weighted by molar-refractivity contribution is 0.485. The molecule has 30 heavy (non-hydrogen) atoms. The van der Waals surface area contributed by atoms with Crippen LogP contribution in [0, 0.1) is 0 Å². The number of hydrogen-bond donors (Lipinski definition) is 2. The van der Waals surface area contributed by atoms with Crippen molar-refractivity contribution in [1.82, 2.24) is 9.44 Å². The molecule has 0 aliphatic carbocycles. The Bertz CT molecular complexity index is 814. The van der Waals surface area contributed by atoms with Crippen molar-refractivity contribution in [3.63, 3.8) is 0 Å². The standard InChI is InChI=1S/C22H30Cl2N2O2S2/c1-21(2,3)29(27)25-19(15-7-11-17(23)12-8-15)20(26-30(28)22(4,5)6)16-9-13-18(24)14-10-16/h7-14,19-20,25-26H,1-6H3/t19-,20-,29?,30?/m0/s1. The van der Waals surface area contributed by atoms with Crippen molar-refractivity contribution in [2.75, 3.05) is 0 Å². The molecule has 0 heterocycles. The van der Waals surface area contributed by atoms with Gasteiger partial charge in [-0.15, -0.1) is 0 Å². The van der Waals surface area contributed by atoms with E-state index >= 15 is 0 Å². The molecule has 0 aliphatic heterocycles. The van der Waals surface area contributed by atoms with Crippen LogP contribution in [0.25, 0.3) is 0 Å². The molecule has 0 saturated carbocycles. The van der Waals surface area contributed by atoms with Crippen molar-refractivity contribution in [2.45, 2.75) is 63.1 Å². The summed E-state index contributed by atoms with van der Waals surface area (Å²) in [5.41, 5.74) is 1.77. The molecule has 0 aromatic heterocycles. The third kappa shape index (κ3) is 7.14. The van der Waals surface area contributed by atoms with Crippen LogP contribution in [-0.4, -0.2) is 17.9 Å². The van der Waals surface area contributed by atoms with Crippen LogP contribution < -0.4 is 9.44 Å². The van der Waals surface area contributed by atoms with Gasteiger partial charge in [-0.1, -0.05) is 47.5 Å². The molecule has 0 spiro atoms. The van der Waals surface area contributed by atoms with Crippen LogP contribution in [0.2, 0.25) is 10.0 Å². The molecule has 0 aliphatic rings. The van der Waals surface area contributed by atoms with Crippen LogP contribution in [0.5, 0.6) is 0 Å². The lowest BCUT2D eigenvalue weighted by Crippen LogP contribution is -2.44. The Hall–Kier alpha value is -0.760. The largest absolute Gasteiger partial charge is 0.242 e. The fraction of sp³-hybridized carbons (Fsp3) is 0.455. The molecule has 166 valence electrons. The maximum atomic E-state index is 13.0. The van der Waals surface area contributed by atoms with E-state index in [-0.39, 0.29) is 0 Å². The highest BCUT2D eigenvalue weighted by atomic mass is 35.5. The van der Waals surface area contributed by atoms with Crippen LogP contribution in [-0.2, 0) is 22.0 Å². The van der Waals surface area contributed by atoms with E-state index in [9.17, 15) is 8.42 Å². The van der Waals surface area contributed by atoms with Gasteiger partial charge >= 0.3 is 0 Å². The SMILES string of the molecule is CC(C)(C)S(=O)N[C@@H](c1ccc(Cl)cc1)[C@@H](NS(=O)C(C)(C)C)c1ccc(Cl)cc1. The van der Waals surface area contributed by atoms with E-state index in [1.54, 1.807) is 24.3 Å². The second-order valence-corrected chi connectivity index (χ2v) is 13.9. The summed E-state index contributed by atoms with van der Waals surface area (Å²) in [6.07, 6.45) is 0. The van der Waals surface area contributed by atoms with E-state index in [1.807, 2.05) is 65.8 Å². The Kier molecular flexibility index (Phi) is 8.70. The smallest absolute Gasteiger partial charge is 0.0976 e. The molecule has 2 unspecified atom stereocenters. The van der Waals surface area contributed by atoms with Gasteiger partial charge in [0.1, 0.15) is 0 Å². The van der Waals surface area contributed by atoms with Crippen LogP contribution in [0.3, 0.4) is 0 Å². The van der Waals surface area contributed by atoms with E-state index in [1.165, 1.54) is 0 Å². The molecule has 2 aromatic carbocycles. The second-order valence-electron chi connectivity index (χ2n) is 9.06. The van der Waals surface area contributed by atoms with Gasteiger partial charge < -0.3 is 0 Å². The van der Waals surface area contributed by atoms with Gasteiger partial charge in [0.2, 0.25) is 0 Å². The molecule has 2 N–H and O–H groups in total. The average molecular weight is 490 g/mol. The van der Waals surface area contributed by atoms with Gasteiger partial charge in [-0.3, -0.25) is 0 Å².